The monoisotopic (exact) mass is 409 g/mol. The van der Waals surface area contributed by atoms with Gasteiger partial charge >= 0.3 is 11.9 Å². The van der Waals surface area contributed by atoms with Gasteiger partial charge in [-0.25, -0.2) is 4.79 Å². The van der Waals surface area contributed by atoms with Gasteiger partial charge in [-0.15, -0.1) is 11.3 Å². The molecule has 1 aromatic heterocycles. The zero-order valence-corrected chi connectivity index (χ0v) is 16.7. The van der Waals surface area contributed by atoms with Gasteiger partial charge in [-0.3, -0.25) is 9.59 Å². The van der Waals surface area contributed by atoms with E-state index in [-0.39, 0.29) is 5.56 Å². The molecule has 0 radical (unpaired) electrons. The molecule has 1 amide bonds. The lowest BCUT2D eigenvalue weighted by Gasteiger charge is -2.17. The van der Waals surface area contributed by atoms with E-state index in [2.05, 4.69) is 5.32 Å². The molecule has 2 aromatic carbocycles. The average Bonchev–Trinajstić information content (AvgIpc) is 3.16. The Kier molecular flexibility index (Phi) is 6.41. The number of anilines is 1. The molecule has 1 N–H and O–H groups in total. The standard InChI is InChI=1S/C22H19NO5S/c1-14(24)28-19(16-11-7-4-8-12-16)20(25)23-21-17(22(26)27-2)13-18(29-21)15-9-5-3-6-10-15/h3-13,19H,1-2H3,(H,23,25). The summed E-state index contributed by atoms with van der Waals surface area (Å²) in [5.74, 6) is -1.71. The molecular formula is C22H19NO5S. The minimum Gasteiger partial charge on any atom is -0.465 e. The zero-order chi connectivity index (χ0) is 20.8. The predicted octanol–water partition coefficient (Wildman–Crippen LogP) is 4.44. The second kappa shape index (κ2) is 9.16. The summed E-state index contributed by atoms with van der Waals surface area (Å²) >= 11 is 1.24. The van der Waals surface area contributed by atoms with Crippen LogP contribution in [-0.4, -0.2) is 25.0 Å². The number of amides is 1. The van der Waals surface area contributed by atoms with Gasteiger partial charge in [0.25, 0.3) is 5.91 Å². The number of carbonyl (C=O) groups excluding carboxylic acids is 3. The van der Waals surface area contributed by atoms with Crippen molar-refractivity contribution in [2.24, 2.45) is 0 Å². The molecule has 3 aromatic rings. The van der Waals surface area contributed by atoms with E-state index >= 15 is 0 Å². The summed E-state index contributed by atoms with van der Waals surface area (Å²) in [6.45, 7) is 1.24. The molecule has 3 rings (SSSR count). The Morgan fingerprint density at radius 1 is 0.966 bits per heavy atom. The third kappa shape index (κ3) is 4.89. The minimum absolute atomic E-state index is 0.235. The summed E-state index contributed by atoms with van der Waals surface area (Å²) < 4.78 is 10.1. The maximum atomic E-state index is 12.9. The fourth-order valence-corrected chi connectivity index (χ4v) is 3.79. The molecule has 0 spiro atoms. The third-order valence-electron chi connectivity index (χ3n) is 4.06. The highest BCUT2D eigenvalue weighted by Crippen LogP contribution is 2.36. The van der Waals surface area contributed by atoms with Crippen LogP contribution < -0.4 is 5.32 Å². The van der Waals surface area contributed by atoms with Gasteiger partial charge < -0.3 is 14.8 Å². The molecule has 148 valence electrons. The maximum absolute atomic E-state index is 12.9. The number of methoxy groups -OCH3 is 1. The van der Waals surface area contributed by atoms with Crippen molar-refractivity contribution in [1.82, 2.24) is 0 Å². The molecule has 0 aliphatic carbocycles. The lowest BCUT2D eigenvalue weighted by atomic mass is 10.1. The van der Waals surface area contributed by atoms with Crippen LogP contribution in [0.15, 0.2) is 66.7 Å². The van der Waals surface area contributed by atoms with E-state index < -0.39 is 23.9 Å². The van der Waals surface area contributed by atoms with Crippen molar-refractivity contribution < 1.29 is 23.9 Å². The van der Waals surface area contributed by atoms with Crippen LogP contribution in [0.25, 0.3) is 10.4 Å². The Labute approximate surface area is 172 Å². The molecule has 7 heteroatoms. The fourth-order valence-electron chi connectivity index (χ4n) is 2.73. The third-order valence-corrected chi connectivity index (χ3v) is 5.16. The van der Waals surface area contributed by atoms with Gasteiger partial charge in [-0.2, -0.15) is 0 Å². The second-order valence-electron chi connectivity index (χ2n) is 6.10. The van der Waals surface area contributed by atoms with Crippen molar-refractivity contribution >= 4 is 34.2 Å². The first-order chi connectivity index (χ1) is 14.0. The molecule has 0 fully saturated rings. The second-order valence-corrected chi connectivity index (χ2v) is 7.15. The van der Waals surface area contributed by atoms with E-state index in [1.165, 1.54) is 25.4 Å². The highest BCUT2D eigenvalue weighted by atomic mass is 32.1. The molecule has 29 heavy (non-hydrogen) atoms. The average molecular weight is 409 g/mol. The fraction of sp³-hybridized carbons (Fsp3) is 0.136. The molecule has 0 bridgehead atoms. The first-order valence-electron chi connectivity index (χ1n) is 8.80. The van der Waals surface area contributed by atoms with Gasteiger partial charge in [0.05, 0.1) is 12.7 Å². The van der Waals surface area contributed by atoms with Crippen LogP contribution in [0.4, 0.5) is 5.00 Å². The lowest BCUT2D eigenvalue weighted by Crippen LogP contribution is -2.25. The number of ether oxygens (including phenoxy) is 2. The Bertz CT molecular complexity index is 1010. The molecule has 1 atom stereocenters. The number of rotatable bonds is 6. The molecule has 1 unspecified atom stereocenters. The molecule has 0 aliphatic heterocycles. The van der Waals surface area contributed by atoms with Crippen LogP contribution in [0, 0.1) is 0 Å². The van der Waals surface area contributed by atoms with Gasteiger partial charge in [0, 0.05) is 17.4 Å². The van der Waals surface area contributed by atoms with E-state index in [9.17, 15) is 14.4 Å². The number of nitrogens with one attached hydrogen (secondary N) is 1. The first kappa shape index (κ1) is 20.3. The van der Waals surface area contributed by atoms with Gasteiger partial charge in [0.1, 0.15) is 5.00 Å². The van der Waals surface area contributed by atoms with Crippen LogP contribution in [0.1, 0.15) is 28.9 Å². The van der Waals surface area contributed by atoms with Crippen LogP contribution in [-0.2, 0) is 19.1 Å². The number of hydrogen-bond donors (Lipinski definition) is 1. The summed E-state index contributed by atoms with van der Waals surface area (Å²) in [5.41, 5.74) is 1.67. The van der Waals surface area contributed by atoms with Crippen molar-refractivity contribution in [3.63, 3.8) is 0 Å². The maximum Gasteiger partial charge on any atom is 0.340 e. The normalized spacial score (nSPS) is 11.4. The smallest absolute Gasteiger partial charge is 0.340 e. The van der Waals surface area contributed by atoms with Gasteiger partial charge in [-0.05, 0) is 11.6 Å². The Balaban J connectivity index is 1.94. The number of benzene rings is 2. The summed E-state index contributed by atoms with van der Waals surface area (Å²) in [7, 11) is 1.28. The summed E-state index contributed by atoms with van der Waals surface area (Å²) in [5, 5.41) is 3.05. The van der Waals surface area contributed by atoms with E-state index in [4.69, 9.17) is 9.47 Å². The van der Waals surface area contributed by atoms with Crippen LogP contribution in [0.2, 0.25) is 0 Å². The quantitative estimate of drug-likeness (QED) is 0.609. The number of thiophene rings is 1. The zero-order valence-electron chi connectivity index (χ0n) is 15.9. The molecule has 0 saturated carbocycles. The Morgan fingerprint density at radius 3 is 2.17 bits per heavy atom. The first-order valence-corrected chi connectivity index (χ1v) is 9.62. The molecule has 0 aliphatic rings. The van der Waals surface area contributed by atoms with Crippen LogP contribution in [0.5, 0.6) is 0 Å². The molecular weight excluding hydrogens is 390 g/mol. The molecule has 0 saturated heterocycles. The summed E-state index contributed by atoms with van der Waals surface area (Å²) in [6, 6.07) is 19.8. The van der Waals surface area contributed by atoms with Crippen LogP contribution >= 0.6 is 11.3 Å². The topological polar surface area (TPSA) is 81.7 Å². The van der Waals surface area contributed by atoms with Crippen molar-refractivity contribution in [1.29, 1.82) is 0 Å². The number of esters is 2. The van der Waals surface area contributed by atoms with E-state index in [1.54, 1.807) is 36.4 Å². The van der Waals surface area contributed by atoms with Crippen LogP contribution in [0.3, 0.4) is 0 Å². The lowest BCUT2D eigenvalue weighted by molar-refractivity contribution is -0.152. The molecule has 6 nitrogen and oxygen atoms in total. The Hall–Kier alpha value is -3.45. The van der Waals surface area contributed by atoms with E-state index in [0.717, 1.165) is 10.4 Å². The number of carbonyl (C=O) groups is 3. The van der Waals surface area contributed by atoms with E-state index in [1.807, 2.05) is 30.3 Å². The van der Waals surface area contributed by atoms with Crippen molar-refractivity contribution in [3.05, 3.63) is 77.9 Å². The highest BCUT2D eigenvalue weighted by Gasteiger charge is 2.27. The summed E-state index contributed by atoms with van der Waals surface area (Å²) in [6.07, 6.45) is -1.14. The Morgan fingerprint density at radius 2 is 1.59 bits per heavy atom. The van der Waals surface area contributed by atoms with Gasteiger partial charge in [0.15, 0.2) is 0 Å². The largest absolute Gasteiger partial charge is 0.465 e. The predicted molar refractivity (Wildman–Crippen MR) is 111 cm³/mol. The van der Waals surface area contributed by atoms with Crippen molar-refractivity contribution in [2.45, 2.75) is 13.0 Å². The van der Waals surface area contributed by atoms with Gasteiger partial charge in [0.2, 0.25) is 6.10 Å². The SMILES string of the molecule is COC(=O)c1cc(-c2ccccc2)sc1NC(=O)C(OC(C)=O)c1ccccc1. The minimum atomic E-state index is -1.14. The van der Waals surface area contributed by atoms with E-state index in [0.29, 0.717) is 10.6 Å². The summed E-state index contributed by atoms with van der Waals surface area (Å²) in [4.78, 5) is 37.5. The van der Waals surface area contributed by atoms with Crippen molar-refractivity contribution in [3.8, 4) is 10.4 Å². The number of hydrogen-bond acceptors (Lipinski definition) is 6. The van der Waals surface area contributed by atoms with Crippen molar-refractivity contribution in [2.75, 3.05) is 12.4 Å². The van der Waals surface area contributed by atoms with Gasteiger partial charge in [-0.1, -0.05) is 60.7 Å². The highest BCUT2D eigenvalue weighted by molar-refractivity contribution is 7.20. The molecule has 1 heterocycles.